The molecule has 0 amide bonds. The Balaban J connectivity index is 2.20. The minimum atomic E-state index is -0.884. The lowest BCUT2D eigenvalue weighted by molar-refractivity contribution is 0.0622. The van der Waals surface area contributed by atoms with Crippen molar-refractivity contribution in [1.29, 1.82) is 0 Å². The SMILES string of the molecule is CC(C1CCCO1)n1cccc1C(=O)O. The van der Waals surface area contributed by atoms with Crippen LogP contribution in [0.3, 0.4) is 0 Å². The molecule has 0 saturated carbocycles. The molecule has 1 aliphatic rings. The zero-order valence-electron chi connectivity index (χ0n) is 8.72. The highest BCUT2D eigenvalue weighted by Crippen LogP contribution is 2.25. The van der Waals surface area contributed by atoms with Gasteiger partial charge in [0, 0.05) is 12.8 Å². The summed E-state index contributed by atoms with van der Waals surface area (Å²) in [5.41, 5.74) is 0.331. The van der Waals surface area contributed by atoms with Gasteiger partial charge in [0.25, 0.3) is 0 Å². The molecule has 0 radical (unpaired) electrons. The van der Waals surface area contributed by atoms with Gasteiger partial charge in [-0.2, -0.15) is 0 Å². The van der Waals surface area contributed by atoms with E-state index in [2.05, 4.69) is 0 Å². The number of hydrogen-bond acceptors (Lipinski definition) is 2. The molecule has 4 nitrogen and oxygen atoms in total. The average Bonchev–Trinajstić information content (AvgIpc) is 2.88. The molecule has 0 aliphatic carbocycles. The van der Waals surface area contributed by atoms with Crippen molar-refractivity contribution in [1.82, 2.24) is 4.57 Å². The van der Waals surface area contributed by atoms with E-state index in [1.807, 2.05) is 6.92 Å². The number of carboxylic acid groups (broad SMARTS) is 1. The fourth-order valence-corrected chi connectivity index (χ4v) is 2.09. The van der Waals surface area contributed by atoms with Crippen LogP contribution in [0.25, 0.3) is 0 Å². The molecule has 1 aliphatic heterocycles. The van der Waals surface area contributed by atoms with Crippen molar-refractivity contribution in [2.45, 2.75) is 31.9 Å². The molecule has 1 aromatic rings. The molecule has 1 fully saturated rings. The maximum atomic E-state index is 10.9. The molecule has 2 heterocycles. The molecule has 2 rings (SSSR count). The summed E-state index contributed by atoms with van der Waals surface area (Å²) in [6, 6.07) is 3.47. The minimum absolute atomic E-state index is 0.0913. The number of rotatable bonds is 3. The van der Waals surface area contributed by atoms with Gasteiger partial charge in [-0.05, 0) is 31.9 Å². The Labute approximate surface area is 88.5 Å². The van der Waals surface area contributed by atoms with Crippen LogP contribution in [-0.2, 0) is 4.74 Å². The molecular formula is C11H15NO3. The Morgan fingerprint density at radius 2 is 2.53 bits per heavy atom. The van der Waals surface area contributed by atoms with Crippen LogP contribution in [0.15, 0.2) is 18.3 Å². The van der Waals surface area contributed by atoms with E-state index in [1.54, 1.807) is 22.9 Å². The average molecular weight is 209 g/mol. The van der Waals surface area contributed by atoms with Crippen LogP contribution < -0.4 is 0 Å². The molecule has 0 aromatic carbocycles. The lowest BCUT2D eigenvalue weighted by Crippen LogP contribution is -2.23. The maximum Gasteiger partial charge on any atom is 0.352 e. The normalized spacial score (nSPS) is 22.9. The first-order valence-electron chi connectivity index (χ1n) is 5.22. The van der Waals surface area contributed by atoms with Gasteiger partial charge in [-0.15, -0.1) is 0 Å². The van der Waals surface area contributed by atoms with Gasteiger partial charge in [-0.3, -0.25) is 0 Å². The molecular weight excluding hydrogens is 194 g/mol. The molecule has 0 bridgehead atoms. The van der Waals surface area contributed by atoms with Gasteiger partial charge >= 0.3 is 5.97 Å². The molecule has 4 heteroatoms. The van der Waals surface area contributed by atoms with Crippen molar-refractivity contribution in [3.8, 4) is 0 Å². The molecule has 2 atom stereocenters. The fourth-order valence-electron chi connectivity index (χ4n) is 2.09. The summed E-state index contributed by atoms with van der Waals surface area (Å²) >= 11 is 0. The summed E-state index contributed by atoms with van der Waals surface area (Å²) < 4.78 is 7.34. The predicted molar refractivity (Wildman–Crippen MR) is 55.1 cm³/mol. The Kier molecular flexibility index (Phi) is 2.77. The standard InChI is InChI=1S/C11H15NO3/c1-8(10-5-3-7-15-10)12-6-2-4-9(12)11(13)14/h2,4,6,8,10H,3,5,7H2,1H3,(H,13,14). The summed E-state index contributed by atoms with van der Waals surface area (Å²) in [5.74, 6) is -0.884. The van der Waals surface area contributed by atoms with Crippen LogP contribution in [0.2, 0.25) is 0 Å². The Morgan fingerprint density at radius 3 is 3.13 bits per heavy atom. The largest absolute Gasteiger partial charge is 0.477 e. The van der Waals surface area contributed by atoms with Gasteiger partial charge in [0.15, 0.2) is 0 Å². The van der Waals surface area contributed by atoms with E-state index in [0.29, 0.717) is 5.69 Å². The van der Waals surface area contributed by atoms with E-state index in [0.717, 1.165) is 19.4 Å². The predicted octanol–water partition coefficient (Wildman–Crippen LogP) is 1.93. The zero-order valence-corrected chi connectivity index (χ0v) is 8.72. The number of nitrogens with zero attached hydrogens (tertiary/aromatic N) is 1. The highest BCUT2D eigenvalue weighted by Gasteiger charge is 2.25. The van der Waals surface area contributed by atoms with E-state index in [-0.39, 0.29) is 12.1 Å². The third kappa shape index (κ3) is 1.90. The van der Waals surface area contributed by atoms with Crippen molar-refractivity contribution >= 4 is 5.97 Å². The molecule has 2 unspecified atom stereocenters. The van der Waals surface area contributed by atoms with Gasteiger partial charge in [0.2, 0.25) is 0 Å². The van der Waals surface area contributed by atoms with E-state index in [4.69, 9.17) is 9.84 Å². The Morgan fingerprint density at radius 1 is 1.73 bits per heavy atom. The van der Waals surface area contributed by atoms with Crippen molar-refractivity contribution in [2.75, 3.05) is 6.61 Å². The van der Waals surface area contributed by atoms with Crippen molar-refractivity contribution in [3.05, 3.63) is 24.0 Å². The zero-order chi connectivity index (χ0) is 10.8. The van der Waals surface area contributed by atoms with Crippen LogP contribution >= 0.6 is 0 Å². The molecule has 1 aromatic heterocycles. The van der Waals surface area contributed by atoms with Gasteiger partial charge in [0.1, 0.15) is 5.69 Å². The van der Waals surface area contributed by atoms with Crippen LogP contribution in [-0.4, -0.2) is 28.4 Å². The lowest BCUT2D eigenvalue weighted by Gasteiger charge is -2.21. The molecule has 82 valence electrons. The van der Waals surface area contributed by atoms with E-state index < -0.39 is 5.97 Å². The lowest BCUT2D eigenvalue weighted by atomic mass is 10.1. The second-order valence-electron chi connectivity index (χ2n) is 3.90. The van der Waals surface area contributed by atoms with E-state index in [1.165, 1.54) is 0 Å². The van der Waals surface area contributed by atoms with Crippen molar-refractivity contribution in [3.63, 3.8) is 0 Å². The number of ether oxygens (including phenoxy) is 1. The topological polar surface area (TPSA) is 51.5 Å². The Hall–Kier alpha value is -1.29. The van der Waals surface area contributed by atoms with Gasteiger partial charge in [-0.1, -0.05) is 0 Å². The van der Waals surface area contributed by atoms with Gasteiger partial charge in [0.05, 0.1) is 12.1 Å². The van der Waals surface area contributed by atoms with Crippen molar-refractivity contribution < 1.29 is 14.6 Å². The summed E-state index contributed by atoms with van der Waals surface area (Å²) in [5, 5.41) is 8.98. The first-order valence-corrected chi connectivity index (χ1v) is 5.22. The molecule has 1 saturated heterocycles. The number of aromatic nitrogens is 1. The monoisotopic (exact) mass is 209 g/mol. The number of hydrogen-bond donors (Lipinski definition) is 1. The van der Waals surface area contributed by atoms with Crippen LogP contribution in [0.4, 0.5) is 0 Å². The van der Waals surface area contributed by atoms with Crippen molar-refractivity contribution in [2.24, 2.45) is 0 Å². The highest BCUT2D eigenvalue weighted by atomic mass is 16.5. The first kappa shape index (κ1) is 10.2. The van der Waals surface area contributed by atoms with Crippen LogP contribution in [0, 0.1) is 0 Å². The number of aromatic carboxylic acids is 1. The first-order chi connectivity index (χ1) is 7.20. The number of carboxylic acids is 1. The molecule has 1 N–H and O–H groups in total. The second kappa shape index (κ2) is 4.06. The minimum Gasteiger partial charge on any atom is -0.477 e. The third-order valence-electron chi connectivity index (χ3n) is 2.94. The smallest absolute Gasteiger partial charge is 0.352 e. The maximum absolute atomic E-state index is 10.9. The Bertz CT molecular complexity index is 352. The molecule has 0 spiro atoms. The van der Waals surface area contributed by atoms with E-state index >= 15 is 0 Å². The summed E-state index contributed by atoms with van der Waals surface area (Å²) in [6.45, 7) is 2.79. The summed E-state index contributed by atoms with van der Waals surface area (Å²) in [6.07, 6.45) is 4.03. The summed E-state index contributed by atoms with van der Waals surface area (Å²) in [4.78, 5) is 10.9. The van der Waals surface area contributed by atoms with E-state index in [9.17, 15) is 4.79 Å². The fraction of sp³-hybridized carbons (Fsp3) is 0.545. The van der Waals surface area contributed by atoms with Gasteiger partial charge in [-0.25, -0.2) is 4.79 Å². The van der Waals surface area contributed by atoms with Gasteiger partial charge < -0.3 is 14.4 Å². The van der Waals surface area contributed by atoms with Crippen LogP contribution in [0.1, 0.15) is 36.3 Å². The quantitative estimate of drug-likeness (QED) is 0.827. The third-order valence-corrected chi connectivity index (χ3v) is 2.94. The second-order valence-corrected chi connectivity index (χ2v) is 3.90. The molecule has 15 heavy (non-hydrogen) atoms. The van der Waals surface area contributed by atoms with Crippen LogP contribution in [0.5, 0.6) is 0 Å². The highest BCUT2D eigenvalue weighted by molar-refractivity contribution is 5.85. The number of carbonyl (C=O) groups is 1. The summed E-state index contributed by atoms with van der Waals surface area (Å²) in [7, 11) is 0.